The van der Waals surface area contributed by atoms with E-state index in [0.717, 1.165) is 12.7 Å². The van der Waals surface area contributed by atoms with Gasteiger partial charge in [-0.1, -0.05) is 91.0 Å². The summed E-state index contributed by atoms with van der Waals surface area (Å²) < 4.78 is 16.2. The first kappa shape index (κ1) is 29.8. The smallest absolute Gasteiger partial charge is 0.411 e. The predicted molar refractivity (Wildman–Crippen MR) is 161 cm³/mol. The molecule has 0 bridgehead atoms. The average Bonchev–Trinajstić information content (AvgIpc) is 3.75. The molecule has 3 heterocycles. The van der Waals surface area contributed by atoms with E-state index in [9.17, 15) is 24.3 Å². The highest BCUT2D eigenvalue weighted by atomic mass is 16.6. The largest absolute Gasteiger partial charge is 0.469 e. The van der Waals surface area contributed by atoms with Gasteiger partial charge in [0.15, 0.2) is 11.6 Å². The summed E-state index contributed by atoms with van der Waals surface area (Å²) >= 11 is 0. The number of methoxy groups -OCH3 is 1. The van der Waals surface area contributed by atoms with Gasteiger partial charge in [0.2, 0.25) is 11.7 Å². The maximum Gasteiger partial charge on any atom is 0.411 e. The fraction of sp³-hybridized carbons (Fsp3) is 0.257. The zero-order chi connectivity index (χ0) is 31.6. The molecule has 0 radical (unpaired) electrons. The van der Waals surface area contributed by atoms with Gasteiger partial charge >= 0.3 is 12.1 Å². The molecule has 2 aliphatic heterocycles. The number of cyclic esters (lactones) is 1. The van der Waals surface area contributed by atoms with Crippen LogP contribution in [0.15, 0.2) is 114 Å². The predicted octanol–water partition coefficient (Wildman–Crippen LogP) is 4.30. The zero-order valence-electron chi connectivity index (χ0n) is 24.5. The summed E-state index contributed by atoms with van der Waals surface area (Å²) in [5, 5.41) is 12.6. The van der Waals surface area contributed by atoms with Crippen molar-refractivity contribution < 1.29 is 38.2 Å². The zero-order valence-corrected chi connectivity index (χ0v) is 24.5. The minimum atomic E-state index is -2.54. The van der Waals surface area contributed by atoms with Crippen LogP contribution in [-0.4, -0.2) is 70.5 Å². The molecule has 0 aliphatic carbocycles. The number of Topliss-reactive ketones (excluding diaryl/α,β-unsaturated/α-hetero) is 1. The van der Waals surface area contributed by atoms with Gasteiger partial charge in [-0.3, -0.25) is 14.5 Å². The van der Waals surface area contributed by atoms with Gasteiger partial charge in [-0.25, -0.2) is 9.59 Å². The highest BCUT2D eigenvalue weighted by molar-refractivity contribution is 6.08. The molecule has 2 saturated heterocycles. The third-order valence-electron chi connectivity index (χ3n) is 8.59. The lowest BCUT2D eigenvalue weighted by Crippen LogP contribution is -2.77. The van der Waals surface area contributed by atoms with Gasteiger partial charge in [0.25, 0.3) is 0 Å². The number of hydrogen-bond donors (Lipinski definition) is 1. The number of hydrogen-bond acceptors (Lipinski definition) is 8. The molecule has 230 valence electrons. The summed E-state index contributed by atoms with van der Waals surface area (Å²) in [5.41, 5.74) is -1.51. The SMILES string of the molecule is COC(=O)C(N1C(=O)C(N2C(=O)OC[C@H]2c2ccccc2)C1CCc1ccco1)[C@](O)(C(=O)c1ccccc1)c1ccccc1. The maximum atomic E-state index is 14.4. The van der Waals surface area contributed by atoms with E-state index in [4.69, 9.17) is 13.9 Å². The maximum absolute atomic E-state index is 14.4. The number of furan rings is 1. The van der Waals surface area contributed by atoms with Crippen LogP contribution < -0.4 is 0 Å². The Labute approximate surface area is 259 Å². The van der Waals surface area contributed by atoms with Gasteiger partial charge in [0.05, 0.1) is 25.5 Å². The Morgan fingerprint density at radius 3 is 2.20 bits per heavy atom. The number of nitrogens with zero attached hydrogens (tertiary/aromatic N) is 2. The number of aliphatic hydroxyl groups is 1. The lowest BCUT2D eigenvalue weighted by atomic mass is 9.75. The Morgan fingerprint density at radius 2 is 1.58 bits per heavy atom. The van der Waals surface area contributed by atoms with E-state index in [1.54, 1.807) is 48.5 Å². The number of aryl methyl sites for hydroxylation is 1. The second-order valence-corrected chi connectivity index (χ2v) is 11.0. The number of carbonyl (C=O) groups is 4. The van der Waals surface area contributed by atoms with Crippen molar-refractivity contribution >= 4 is 23.8 Å². The third kappa shape index (κ3) is 5.27. The van der Waals surface area contributed by atoms with Crippen molar-refractivity contribution in [2.45, 2.75) is 42.6 Å². The second-order valence-electron chi connectivity index (χ2n) is 11.0. The summed E-state index contributed by atoms with van der Waals surface area (Å²) in [6.07, 6.45) is 1.45. The molecule has 0 spiro atoms. The van der Waals surface area contributed by atoms with Gasteiger partial charge < -0.3 is 23.9 Å². The monoisotopic (exact) mass is 608 g/mol. The molecule has 2 amide bonds. The molecule has 3 unspecified atom stereocenters. The summed E-state index contributed by atoms with van der Waals surface area (Å²) in [4.78, 5) is 58.2. The van der Waals surface area contributed by atoms with Crippen molar-refractivity contribution in [2.75, 3.05) is 13.7 Å². The number of carbonyl (C=O) groups excluding carboxylic acids is 4. The highest BCUT2D eigenvalue weighted by Gasteiger charge is 2.64. The van der Waals surface area contributed by atoms with Crippen molar-refractivity contribution in [1.29, 1.82) is 0 Å². The first-order valence-electron chi connectivity index (χ1n) is 14.7. The fourth-order valence-electron chi connectivity index (χ4n) is 6.40. The molecule has 3 aromatic carbocycles. The second kappa shape index (κ2) is 12.4. The third-order valence-corrected chi connectivity index (χ3v) is 8.59. The van der Waals surface area contributed by atoms with Gasteiger partial charge in [0.1, 0.15) is 18.4 Å². The number of ketones is 1. The minimum Gasteiger partial charge on any atom is -0.469 e. The molecular weight excluding hydrogens is 576 g/mol. The Balaban J connectivity index is 1.46. The fourth-order valence-corrected chi connectivity index (χ4v) is 6.40. The molecule has 1 aromatic heterocycles. The normalized spacial score (nSPS) is 21.4. The number of amides is 2. The van der Waals surface area contributed by atoms with Crippen LogP contribution in [0.1, 0.15) is 39.7 Å². The molecule has 10 heteroatoms. The molecule has 2 fully saturated rings. The molecule has 1 N–H and O–H groups in total. The first-order valence-corrected chi connectivity index (χ1v) is 14.7. The van der Waals surface area contributed by atoms with Gasteiger partial charge in [-0.15, -0.1) is 0 Å². The number of β-lactam (4-membered cyclic amide) rings is 1. The van der Waals surface area contributed by atoms with Crippen molar-refractivity contribution in [3.05, 3.63) is 132 Å². The van der Waals surface area contributed by atoms with Crippen molar-refractivity contribution in [2.24, 2.45) is 0 Å². The van der Waals surface area contributed by atoms with Crippen LogP contribution in [0.2, 0.25) is 0 Å². The molecule has 10 nitrogen and oxygen atoms in total. The number of ether oxygens (including phenoxy) is 2. The minimum absolute atomic E-state index is 0.0401. The quantitative estimate of drug-likeness (QED) is 0.152. The molecule has 45 heavy (non-hydrogen) atoms. The standard InChI is InChI=1S/C35H32N2O8/c1-43-33(40)30(35(42,25-16-9-4-10-17-25)31(38)24-14-7-3-8-15-24)37-27(20-19-26-18-11-21-44-26)29(32(37)39)36-28(22-45-34(36)41)23-12-5-2-6-13-23/h2-18,21,27-30,42H,19-20,22H2,1H3/t27?,28-,29?,30?,35-/m0/s1. The first-order chi connectivity index (χ1) is 21.9. The van der Waals surface area contributed by atoms with E-state index >= 15 is 0 Å². The molecule has 5 atom stereocenters. The van der Waals surface area contributed by atoms with Crippen LogP contribution in [0.25, 0.3) is 0 Å². The number of likely N-dealkylation sites (tertiary alicyclic amines) is 1. The van der Waals surface area contributed by atoms with Gasteiger partial charge in [-0.05, 0) is 29.7 Å². The van der Waals surface area contributed by atoms with E-state index in [2.05, 4.69) is 0 Å². The summed E-state index contributed by atoms with van der Waals surface area (Å²) in [5.74, 6) is -1.76. The van der Waals surface area contributed by atoms with E-state index < -0.39 is 53.5 Å². The van der Waals surface area contributed by atoms with Gasteiger partial charge in [0, 0.05) is 12.0 Å². The molecule has 6 rings (SSSR count). The van der Waals surface area contributed by atoms with Gasteiger partial charge in [-0.2, -0.15) is 0 Å². The van der Waals surface area contributed by atoms with Crippen LogP contribution >= 0.6 is 0 Å². The molecule has 2 aliphatic rings. The highest BCUT2D eigenvalue weighted by Crippen LogP contribution is 2.43. The van der Waals surface area contributed by atoms with Crippen LogP contribution in [0.4, 0.5) is 4.79 Å². The van der Waals surface area contributed by atoms with Crippen LogP contribution in [0.3, 0.4) is 0 Å². The summed E-state index contributed by atoms with van der Waals surface area (Å²) in [6, 6.07) is 24.7. The van der Waals surface area contributed by atoms with Crippen molar-refractivity contribution in [1.82, 2.24) is 9.80 Å². The van der Waals surface area contributed by atoms with Crippen LogP contribution in [0.5, 0.6) is 0 Å². The van der Waals surface area contributed by atoms with E-state index in [1.807, 2.05) is 30.3 Å². The van der Waals surface area contributed by atoms with Crippen LogP contribution in [-0.2, 0) is 31.1 Å². The summed E-state index contributed by atoms with van der Waals surface area (Å²) in [7, 11) is 1.14. The van der Waals surface area contributed by atoms with E-state index in [-0.39, 0.29) is 24.2 Å². The molecule has 4 aromatic rings. The lowest BCUT2D eigenvalue weighted by molar-refractivity contribution is -0.184. The Morgan fingerprint density at radius 1 is 0.933 bits per heavy atom. The van der Waals surface area contributed by atoms with E-state index in [1.165, 1.54) is 40.3 Å². The van der Waals surface area contributed by atoms with Crippen molar-refractivity contribution in [3.8, 4) is 0 Å². The van der Waals surface area contributed by atoms with E-state index in [0.29, 0.717) is 12.2 Å². The number of rotatable bonds is 11. The van der Waals surface area contributed by atoms with Crippen LogP contribution in [0, 0.1) is 0 Å². The number of esters is 1. The average molecular weight is 609 g/mol. The topological polar surface area (TPSA) is 127 Å². The Hall–Kier alpha value is -5.22. The Bertz CT molecular complexity index is 1660. The molecular formula is C35H32N2O8. The molecule has 0 saturated carbocycles. The Kier molecular flexibility index (Phi) is 8.23. The lowest BCUT2D eigenvalue weighted by Gasteiger charge is -2.55. The van der Waals surface area contributed by atoms with Crippen molar-refractivity contribution in [3.63, 3.8) is 0 Å². The number of benzene rings is 3. The summed E-state index contributed by atoms with van der Waals surface area (Å²) in [6.45, 7) is 0.0401.